The van der Waals surface area contributed by atoms with Gasteiger partial charge < -0.3 is 9.64 Å². The number of hydrogen-bond donors (Lipinski definition) is 0. The minimum atomic E-state index is -0.169. The van der Waals surface area contributed by atoms with Gasteiger partial charge in [-0.1, -0.05) is 109 Å². The third-order valence-corrected chi connectivity index (χ3v) is 5.81. The molecule has 0 unspecified atom stereocenters. The third kappa shape index (κ3) is 3.74. The lowest BCUT2D eigenvalue weighted by atomic mass is 9.91. The molecule has 5 rings (SSSR count). The average molecular weight is 392 g/mol. The van der Waals surface area contributed by atoms with Crippen LogP contribution in [0, 0.1) is 0 Å². The molecule has 0 amide bonds. The quantitative estimate of drug-likeness (QED) is 0.368. The van der Waals surface area contributed by atoms with Crippen molar-refractivity contribution in [3.63, 3.8) is 0 Å². The zero-order chi connectivity index (χ0) is 20.2. The van der Waals surface area contributed by atoms with Crippen LogP contribution in [0.5, 0.6) is 0 Å². The number of para-hydroxylation sites is 1. The van der Waals surface area contributed by atoms with Gasteiger partial charge in [0.15, 0.2) is 6.23 Å². The Labute approximate surface area is 178 Å². The van der Waals surface area contributed by atoms with Gasteiger partial charge in [0.2, 0.25) is 0 Å². The fourth-order valence-electron chi connectivity index (χ4n) is 4.38. The fraction of sp³-hybridized carbons (Fsp3) is 0.143. The SMILES string of the molecule is c1ccc([C@@H]2C[C@H](c3ccccc3)N(c3ccccc3)[C@H](c3ccccc3)O2)cc1. The van der Waals surface area contributed by atoms with Crippen molar-refractivity contribution in [3.05, 3.63) is 138 Å². The van der Waals surface area contributed by atoms with Gasteiger partial charge in [0.25, 0.3) is 0 Å². The van der Waals surface area contributed by atoms with E-state index in [4.69, 9.17) is 4.74 Å². The van der Waals surface area contributed by atoms with E-state index < -0.39 is 0 Å². The predicted octanol–water partition coefficient (Wildman–Crippen LogP) is 7.09. The van der Waals surface area contributed by atoms with E-state index in [9.17, 15) is 0 Å². The maximum absolute atomic E-state index is 6.80. The smallest absolute Gasteiger partial charge is 0.157 e. The van der Waals surface area contributed by atoms with Crippen LogP contribution in [0.1, 0.15) is 41.5 Å². The predicted molar refractivity (Wildman–Crippen MR) is 122 cm³/mol. The van der Waals surface area contributed by atoms with E-state index in [2.05, 4.69) is 126 Å². The van der Waals surface area contributed by atoms with Gasteiger partial charge in [0.05, 0.1) is 12.1 Å². The molecule has 0 aliphatic carbocycles. The van der Waals surface area contributed by atoms with Crippen LogP contribution < -0.4 is 4.90 Å². The molecule has 4 aromatic carbocycles. The van der Waals surface area contributed by atoms with Crippen LogP contribution in [0.25, 0.3) is 0 Å². The number of rotatable bonds is 4. The largest absolute Gasteiger partial charge is 0.346 e. The molecule has 2 nitrogen and oxygen atoms in total. The van der Waals surface area contributed by atoms with Gasteiger partial charge in [-0.2, -0.15) is 0 Å². The highest BCUT2D eigenvalue weighted by atomic mass is 16.5. The number of ether oxygens (including phenoxy) is 1. The molecule has 1 heterocycles. The minimum absolute atomic E-state index is 0.0292. The first-order valence-corrected chi connectivity index (χ1v) is 10.5. The molecule has 2 heteroatoms. The molecule has 0 spiro atoms. The maximum Gasteiger partial charge on any atom is 0.157 e. The molecule has 1 aliphatic rings. The zero-order valence-corrected chi connectivity index (χ0v) is 16.8. The Morgan fingerprint density at radius 1 is 0.533 bits per heavy atom. The summed E-state index contributed by atoms with van der Waals surface area (Å²) in [6.07, 6.45) is 0.756. The van der Waals surface area contributed by atoms with Gasteiger partial charge in [-0.15, -0.1) is 0 Å². The standard InChI is InChI=1S/C28H25NO/c1-5-13-22(14-6-1)26-21-27(23-15-7-2-8-16-23)30-28(24-17-9-3-10-18-24)29(26)25-19-11-4-12-20-25/h1-20,26-28H,21H2/t26-,27+,28+/m1/s1. The summed E-state index contributed by atoms with van der Waals surface area (Å²) in [5.74, 6) is 0. The highest BCUT2D eigenvalue weighted by molar-refractivity contribution is 5.52. The molecule has 1 saturated heterocycles. The first kappa shape index (κ1) is 18.7. The van der Waals surface area contributed by atoms with Gasteiger partial charge in [0, 0.05) is 17.7 Å². The molecule has 4 aromatic rings. The molecule has 30 heavy (non-hydrogen) atoms. The maximum atomic E-state index is 6.80. The first-order valence-electron chi connectivity index (χ1n) is 10.5. The lowest BCUT2D eigenvalue weighted by Gasteiger charge is -2.47. The molecule has 0 N–H and O–H groups in total. The van der Waals surface area contributed by atoms with E-state index in [1.807, 2.05) is 0 Å². The summed E-state index contributed by atoms with van der Waals surface area (Å²) in [6, 6.07) is 42.8. The molecule has 0 radical (unpaired) electrons. The second-order valence-corrected chi connectivity index (χ2v) is 7.70. The van der Waals surface area contributed by atoms with Crippen LogP contribution in [0.15, 0.2) is 121 Å². The fourth-order valence-corrected chi connectivity index (χ4v) is 4.38. The number of anilines is 1. The molecule has 0 bridgehead atoms. The van der Waals surface area contributed by atoms with Crippen LogP contribution in [0.3, 0.4) is 0 Å². The van der Waals surface area contributed by atoms with Crippen LogP contribution in [-0.4, -0.2) is 0 Å². The normalized spacial score (nSPS) is 21.3. The van der Waals surface area contributed by atoms with Crippen LogP contribution in [-0.2, 0) is 4.74 Å². The molecule has 1 aliphatic heterocycles. The Hall–Kier alpha value is -3.36. The first-order chi connectivity index (χ1) is 14.9. The molecule has 0 saturated carbocycles. The Morgan fingerprint density at radius 3 is 1.57 bits per heavy atom. The lowest BCUT2D eigenvalue weighted by Crippen LogP contribution is -2.40. The Balaban J connectivity index is 1.64. The number of hydrogen-bond acceptors (Lipinski definition) is 2. The second kappa shape index (κ2) is 8.56. The summed E-state index contributed by atoms with van der Waals surface area (Å²) < 4.78 is 6.80. The van der Waals surface area contributed by atoms with Crippen molar-refractivity contribution in [3.8, 4) is 0 Å². The average Bonchev–Trinajstić information content (AvgIpc) is 2.85. The second-order valence-electron chi connectivity index (χ2n) is 7.70. The Kier molecular flexibility index (Phi) is 5.32. The minimum Gasteiger partial charge on any atom is -0.346 e. The highest BCUT2D eigenvalue weighted by Gasteiger charge is 2.38. The summed E-state index contributed by atoms with van der Waals surface area (Å²) in [5.41, 5.74) is 4.88. The van der Waals surface area contributed by atoms with Crippen molar-refractivity contribution in [1.82, 2.24) is 0 Å². The number of nitrogens with zero attached hydrogens (tertiary/aromatic N) is 1. The van der Waals surface area contributed by atoms with E-state index in [0.29, 0.717) is 0 Å². The Bertz CT molecular complexity index is 1000. The Morgan fingerprint density at radius 2 is 1.00 bits per heavy atom. The van der Waals surface area contributed by atoms with Crippen molar-refractivity contribution in [2.45, 2.75) is 24.8 Å². The summed E-state index contributed by atoms with van der Waals surface area (Å²) >= 11 is 0. The van der Waals surface area contributed by atoms with Gasteiger partial charge in [-0.3, -0.25) is 0 Å². The molecule has 0 aromatic heterocycles. The van der Waals surface area contributed by atoms with E-state index in [0.717, 1.165) is 6.42 Å². The molecular weight excluding hydrogens is 366 g/mol. The van der Waals surface area contributed by atoms with Crippen LogP contribution in [0.2, 0.25) is 0 Å². The van der Waals surface area contributed by atoms with Gasteiger partial charge in [0.1, 0.15) is 0 Å². The van der Waals surface area contributed by atoms with E-state index in [1.54, 1.807) is 0 Å². The lowest BCUT2D eigenvalue weighted by molar-refractivity contribution is -0.0594. The number of benzene rings is 4. The molecule has 1 fully saturated rings. The van der Waals surface area contributed by atoms with Crippen molar-refractivity contribution in [2.75, 3.05) is 4.90 Å². The monoisotopic (exact) mass is 391 g/mol. The van der Waals surface area contributed by atoms with E-state index >= 15 is 0 Å². The van der Waals surface area contributed by atoms with Crippen LogP contribution in [0.4, 0.5) is 5.69 Å². The van der Waals surface area contributed by atoms with Crippen LogP contribution >= 0.6 is 0 Å². The van der Waals surface area contributed by atoms with Crippen molar-refractivity contribution in [2.24, 2.45) is 0 Å². The third-order valence-electron chi connectivity index (χ3n) is 5.81. The van der Waals surface area contributed by atoms with Gasteiger partial charge in [-0.25, -0.2) is 0 Å². The summed E-state index contributed by atoms with van der Waals surface area (Å²) in [5, 5.41) is 0. The molecular formula is C28H25NO. The zero-order valence-electron chi connectivity index (χ0n) is 16.8. The van der Waals surface area contributed by atoms with E-state index in [1.165, 1.54) is 22.4 Å². The van der Waals surface area contributed by atoms with E-state index in [-0.39, 0.29) is 18.4 Å². The van der Waals surface area contributed by atoms with Crippen molar-refractivity contribution < 1.29 is 4.74 Å². The topological polar surface area (TPSA) is 12.5 Å². The summed E-state index contributed by atoms with van der Waals surface area (Å²) in [7, 11) is 0. The molecule has 3 atom stereocenters. The highest BCUT2D eigenvalue weighted by Crippen LogP contribution is 2.48. The summed E-state index contributed by atoms with van der Waals surface area (Å²) in [4.78, 5) is 2.43. The van der Waals surface area contributed by atoms with Crippen molar-refractivity contribution >= 4 is 5.69 Å². The van der Waals surface area contributed by atoms with Gasteiger partial charge >= 0.3 is 0 Å². The van der Waals surface area contributed by atoms with Gasteiger partial charge in [-0.05, 0) is 23.3 Å². The molecule has 148 valence electrons. The summed E-state index contributed by atoms with van der Waals surface area (Å²) in [6.45, 7) is 0. The van der Waals surface area contributed by atoms with Crippen molar-refractivity contribution in [1.29, 1.82) is 0 Å².